The van der Waals surface area contributed by atoms with Gasteiger partial charge in [-0.15, -0.1) is 26.3 Å². The zero-order valence-corrected chi connectivity index (χ0v) is 32.9. The number of hydrogen-bond donors (Lipinski definition) is 0. The lowest BCUT2D eigenvalue weighted by molar-refractivity contribution is 0.172. The van der Waals surface area contributed by atoms with Gasteiger partial charge in [-0.1, -0.05) is 145 Å². The van der Waals surface area contributed by atoms with Gasteiger partial charge in [-0.3, -0.25) is 0 Å². The Balaban J connectivity index is 5.17. The van der Waals surface area contributed by atoms with Crippen molar-refractivity contribution in [1.82, 2.24) is 0 Å². The van der Waals surface area contributed by atoms with Gasteiger partial charge in [0.2, 0.25) is 0 Å². The molecule has 0 spiro atoms. The molecule has 0 aliphatic carbocycles. The molecule has 278 valence electrons. The van der Waals surface area contributed by atoms with Crippen molar-refractivity contribution in [3.8, 4) is 0 Å². The van der Waals surface area contributed by atoms with Gasteiger partial charge in [0.25, 0.3) is 0 Å². The molecule has 0 heterocycles. The van der Waals surface area contributed by atoms with Crippen molar-refractivity contribution in [3.05, 3.63) is 74.4 Å². The average Bonchev–Trinajstić information content (AvgIpc) is 3.10. The molecule has 0 amide bonds. The van der Waals surface area contributed by atoms with E-state index in [2.05, 4.69) is 75.8 Å². The van der Waals surface area contributed by atoms with Gasteiger partial charge >= 0.3 is 0 Å². The summed E-state index contributed by atoms with van der Waals surface area (Å²) in [5.74, 6) is 0. The highest BCUT2D eigenvalue weighted by Crippen LogP contribution is 2.42. The van der Waals surface area contributed by atoms with E-state index in [4.69, 9.17) is 0 Å². The third kappa shape index (κ3) is 31.7. The quantitative estimate of drug-likeness (QED) is 0.0452. The number of hydrogen-bond acceptors (Lipinski definition) is 0. The molecule has 0 aromatic carbocycles. The summed E-state index contributed by atoms with van der Waals surface area (Å²) < 4.78 is 0. The van der Waals surface area contributed by atoms with E-state index in [9.17, 15) is 0 Å². The van der Waals surface area contributed by atoms with E-state index >= 15 is 0 Å². The summed E-state index contributed by atoms with van der Waals surface area (Å²) in [6.45, 7) is 18.0. The van der Waals surface area contributed by atoms with E-state index in [1.54, 1.807) is 5.57 Å². The summed E-state index contributed by atoms with van der Waals surface area (Å²) in [4.78, 5) is 0. The Bertz CT molecular complexity index is 713. The predicted molar refractivity (Wildman–Crippen MR) is 223 cm³/mol. The largest absolute Gasteiger partial charge is 0.103 e. The third-order valence-electron chi connectivity index (χ3n) is 10.6. The smallest absolute Gasteiger partial charge is 0.0297 e. The summed E-state index contributed by atoms with van der Waals surface area (Å²) in [6.07, 6.45) is 61.6. The molecule has 0 bridgehead atoms. The summed E-state index contributed by atoms with van der Waals surface area (Å²) >= 11 is 0. The Morgan fingerprint density at radius 2 is 0.729 bits per heavy atom. The van der Waals surface area contributed by atoms with Crippen LogP contribution in [0.4, 0.5) is 0 Å². The Kier molecular flexibility index (Phi) is 37.0. The fourth-order valence-electron chi connectivity index (χ4n) is 7.48. The normalized spacial score (nSPS) is 12.1. The van der Waals surface area contributed by atoms with Gasteiger partial charge in [0.15, 0.2) is 0 Å². The van der Waals surface area contributed by atoms with E-state index in [0.717, 1.165) is 0 Å². The van der Waals surface area contributed by atoms with Crippen LogP contribution in [0.5, 0.6) is 0 Å². The SMILES string of the molecule is C=CCCCCCC/C(=C\CCCCCC(CCCCCCC=C)(CCCCCCC=C)CCCCCCC=C)CCC/C=C/CCC. The van der Waals surface area contributed by atoms with E-state index in [1.807, 2.05) is 0 Å². The van der Waals surface area contributed by atoms with Gasteiger partial charge in [-0.25, -0.2) is 0 Å². The van der Waals surface area contributed by atoms with Crippen LogP contribution in [0, 0.1) is 5.41 Å². The van der Waals surface area contributed by atoms with E-state index < -0.39 is 0 Å². The molecule has 0 radical (unpaired) electrons. The molecule has 0 N–H and O–H groups in total. The maximum Gasteiger partial charge on any atom is -0.0297 e. The minimum Gasteiger partial charge on any atom is -0.103 e. The highest BCUT2D eigenvalue weighted by atomic mass is 14.3. The van der Waals surface area contributed by atoms with Crippen LogP contribution in [0.3, 0.4) is 0 Å². The molecule has 0 fully saturated rings. The number of allylic oxidation sites excluding steroid dienone is 8. The Morgan fingerprint density at radius 3 is 1.17 bits per heavy atom. The van der Waals surface area contributed by atoms with E-state index in [0.29, 0.717) is 5.41 Å². The van der Waals surface area contributed by atoms with Crippen molar-refractivity contribution in [2.45, 2.75) is 225 Å². The summed E-state index contributed by atoms with van der Waals surface area (Å²) in [6, 6.07) is 0. The van der Waals surface area contributed by atoms with Gasteiger partial charge < -0.3 is 0 Å². The van der Waals surface area contributed by atoms with Gasteiger partial charge in [0, 0.05) is 0 Å². The first-order chi connectivity index (χ1) is 23.7. The molecule has 0 rings (SSSR count). The van der Waals surface area contributed by atoms with Gasteiger partial charge in [-0.05, 0) is 134 Å². The topological polar surface area (TPSA) is 0 Å². The molecule has 0 aliphatic heterocycles. The van der Waals surface area contributed by atoms with Gasteiger partial charge in [-0.2, -0.15) is 0 Å². The molecule has 0 atom stereocenters. The summed E-state index contributed by atoms with van der Waals surface area (Å²) in [7, 11) is 0. The molecule has 0 saturated heterocycles. The van der Waals surface area contributed by atoms with E-state index in [1.165, 1.54) is 218 Å². The van der Waals surface area contributed by atoms with Crippen LogP contribution in [0.25, 0.3) is 0 Å². The Morgan fingerprint density at radius 1 is 0.375 bits per heavy atom. The maximum atomic E-state index is 3.93. The fourth-order valence-corrected chi connectivity index (χ4v) is 7.48. The highest BCUT2D eigenvalue weighted by Gasteiger charge is 2.28. The first-order valence-corrected chi connectivity index (χ1v) is 21.4. The minimum atomic E-state index is 0.577. The van der Waals surface area contributed by atoms with Crippen LogP contribution < -0.4 is 0 Å². The second-order valence-electron chi connectivity index (χ2n) is 15.1. The highest BCUT2D eigenvalue weighted by molar-refractivity contribution is 5.02. The Hall–Kier alpha value is -1.56. The monoisotopic (exact) mass is 663 g/mol. The Labute approximate surface area is 304 Å². The van der Waals surface area contributed by atoms with E-state index in [-0.39, 0.29) is 0 Å². The minimum absolute atomic E-state index is 0.577. The number of rotatable bonds is 40. The van der Waals surface area contributed by atoms with Crippen LogP contribution in [0.1, 0.15) is 225 Å². The third-order valence-corrected chi connectivity index (χ3v) is 10.6. The van der Waals surface area contributed by atoms with Crippen molar-refractivity contribution in [3.63, 3.8) is 0 Å². The van der Waals surface area contributed by atoms with Crippen molar-refractivity contribution in [1.29, 1.82) is 0 Å². The van der Waals surface area contributed by atoms with Gasteiger partial charge in [0.1, 0.15) is 0 Å². The zero-order valence-electron chi connectivity index (χ0n) is 32.9. The van der Waals surface area contributed by atoms with Crippen LogP contribution >= 0.6 is 0 Å². The second kappa shape index (κ2) is 38.2. The van der Waals surface area contributed by atoms with Crippen LogP contribution in [-0.4, -0.2) is 0 Å². The van der Waals surface area contributed by atoms with Crippen molar-refractivity contribution in [2.24, 2.45) is 5.41 Å². The van der Waals surface area contributed by atoms with Crippen molar-refractivity contribution >= 4 is 0 Å². The molecular formula is C48H86. The van der Waals surface area contributed by atoms with Crippen molar-refractivity contribution in [2.75, 3.05) is 0 Å². The molecule has 0 heteroatoms. The predicted octanol–water partition coefficient (Wildman–Crippen LogP) is 17.5. The molecule has 0 unspecified atom stereocenters. The molecule has 0 aromatic rings. The van der Waals surface area contributed by atoms with Crippen LogP contribution in [0.2, 0.25) is 0 Å². The summed E-state index contributed by atoms with van der Waals surface area (Å²) in [5.41, 5.74) is 2.33. The summed E-state index contributed by atoms with van der Waals surface area (Å²) in [5, 5.41) is 0. The average molecular weight is 663 g/mol. The lowest BCUT2D eigenvalue weighted by Crippen LogP contribution is -2.21. The molecule has 0 aromatic heterocycles. The zero-order chi connectivity index (χ0) is 35.1. The van der Waals surface area contributed by atoms with Gasteiger partial charge in [0.05, 0.1) is 0 Å². The molecule has 0 nitrogen and oxygen atoms in total. The van der Waals surface area contributed by atoms with Crippen LogP contribution in [0.15, 0.2) is 74.4 Å². The molecule has 48 heavy (non-hydrogen) atoms. The standard InChI is InChI=1S/C48H86/c1-6-11-16-21-26-33-40-47(41-34-27-22-17-12-7-2)42-35-28-32-39-46-48(43-36-29-23-18-13-8-3,44-37-30-24-19-14-9-4)45-38-31-25-20-15-10-5/h6,8-10,17,22,42H,1,3-5,7,11-16,18-21,23-41,43-46H2,2H3/b22-17+,47-42+. The molecule has 0 saturated carbocycles. The lowest BCUT2D eigenvalue weighted by Gasteiger charge is -2.35. The lowest BCUT2D eigenvalue weighted by atomic mass is 9.70. The maximum absolute atomic E-state index is 3.93. The first kappa shape index (κ1) is 46.4. The second-order valence-corrected chi connectivity index (χ2v) is 15.1. The van der Waals surface area contributed by atoms with Crippen LogP contribution in [-0.2, 0) is 0 Å². The van der Waals surface area contributed by atoms with Crippen molar-refractivity contribution < 1.29 is 0 Å². The molecule has 0 aliphatic rings. The molecular weight excluding hydrogens is 577 g/mol. The first-order valence-electron chi connectivity index (χ1n) is 21.4. The fraction of sp³-hybridized carbons (Fsp3) is 0.750. The number of unbranched alkanes of at least 4 members (excludes halogenated alkanes) is 21.